The zero-order chi connectivity index (χ0) is 16.8. The molecule has 0 radical (unpaired) electrons. The largest absolute Gasteiger partial charge is 0.352 e. The van der Waals surface area contributed by atoms with Gasteiger partial charge in [-0.1, -0.05) is 12.1 Å². The average Bonchev–Trinajstić information content (AvgIpc) is 2.93. The molecule has 8 heteroatoms. The lowest BCUT2D eigenvalue weighted by Crippen LogP contribution is -2.38. The summed E-state index contributed by atoms with van der Waals surface area (Å²) >= 11 is 1.62. The highest BCUT2D eigenvalue weighted by atomic mass is 32.1. The fourth-order valence-electron chi connectivity index (χ4n) is 2.14. The number of rotatable bonds is 5. The van der Waals surface area contributed by atoms with E-state index >= 15 is 0 Å². The third kappa shape index (κ3) is 4.75. The topological polar surface area (TPSA) is 83.7 Å². The Balaban J connectivity index is 1.97. The Bertz CT molecular complexity index is 713. The lowest BCUT2D eigenvalue weighted by atomic mass is 10.2. The number of non-ortho nitro benzene ring substituents is 1. The molecule has 0 unspecified atom stereocenters. The molecule has 1 aromatic carbocycles. The SMILES string of the molecule is CN=C(NCc1cccc([N+](=O)[O-])c1)N(C)Cc1csc(C)n1. The minimum Gasteiger partial charge on any atom is -0.352 e. The zero-order valence-corrected chi connectivity index (χ0v) is 14.1. The van der Waals surface area contributed by atoms with Crippen molar-refractivity contribution in [2.24, 2.45) is 4.99 Å². The molecule has 0 spiro atoms. The Hall–Kier alpha value is -2.48. The van der Waals surface area contributed by atoms with Crippen LogP contribution in [0.3, 0.4) is 0 Å². The molecule has 2 aromatic rings. The van der Waals surface area contributed by atoms with Crippen LogP contribution in [0.1, 0.15) is 16.3 Å². The molecular formula is C15H19N5O2S. The molecule has 0 fully saturated rings. The maximum atomic E-state index is 10.8. The van der Waals surface area contributed by atoms with E-state index in [1.807, 2.05) is 30.3 Å². The Labute approximate surface area is 138 Å². The van der Waals surface area contributed by atoms with E-state index in [1.54, 1.807) is 30.5 Å². The van der Waals surface area contributed by atoms with Crippen LogP contribution < -0.4 is 5.32 Å². The van der Waals surface area contributed by atoms with Crippen molar-refractivity contribution in [3.05, 3.63) is 56.0 Å². The van der Waals surface area contributed by atoms with Crippen LogP contribution in [0.25, 0.3) is 0 Å². The Morgan fingerprint density at radius 1 is 1.52 bits per heavy atom. The van der Waals surface area contributed by atoms with Crippen LogP contribution in [-0.2, 0) is 13.1 Å². The maximum Gasteiger partial charge on any atom is 0.269 e. The van der Waals surface area contributed by atoms with E-state index < -0.39 is 4.92 Å². The van der Waals surface area contributed by atoms with Gasteiger partial charge in [-0.2, -0.15) is 0 Å². The highest BCUT2D eigenvalue weighted by Crippen LogP contribution is 2.13. The van der Waals surface area contributed by atoms with Crippen molar-refractivity contribution >= 4 is 23.0 Å². The summed E-state index contributed by atoms with van der Waals surface area (Å²) in [5.41, 5.74) is 1.91. The van der Waals surface area contributed by atoms with Crippen molar-refractivity contribution < 1.29 is 4.92 Å². The summed E-state index contributed by atoms with van der Waals surface area (Å²) < 4.78 is 0. The van der Waals surface area contributed by atoms with Crippen LogP contribution >= 0.6 is 11.3 Å². The van der Waals surface area contributed by atoms with Crippen molar-refractivity contribution in [2.45, 2.75) is 20.0 Å². The number of nitrogens with one attached hydrogen (secondary N) is 1. The van der Waals surface area contributed by atoms with E-state index in [0.717, 1.165) is 16.3 Å². The van der Waals surface area contributed by atoms with E-state index in [-0.39, 0.29) is 5.69 Å². The van der Waals surface area contributed by atoms with Gasteiger partial charge in [-0.05, 0) is 12.5 Å². The van der Waals surface area contributed by atoms with Crippen LogP contribution in [0, 0.1) is 17.0 Å². The maximum absolute atomic E-state index is 10.8. The summed E-state index contributed by atoms with van der Waals surface area (Å²) in [7, 11) is 3.63. The number of benzene rings is 1. The van der Waals surface area contributed by atoms with Crippen molar-refractivity contribution in [3.63, 3.8) is 0 Å². The third-order valence-corrected chi connectivity index (χ3v) is 4.03. The van der Waals surface area contributed by atoms with Crippen LogP contribution in [0.15, 0.2) is 34.6 Å². The highest BCUT2D eigenvalue weighted by molar-refractivity contribution is 7.09. The second kappa shape index (κ2) is 7.68. The summed E-state index contributed by atoms with van der Waals surface area (Å²) in [6.45, 7) is 3.09. The highest BCUT2D eigenvalue weighted by Gasteiger charge is 2.10. The van der Waals surface area contributed by atoms with E-state index in [1.165, 1.54) is 6.07 Å². The fraction of sp³-hybridized carbons (Fsp3) is 0.333. The Morgan fingerprint density at radius 3 is 2.91 bits per heavy atom. The molecule has 0 saturated heterocycles. The van der Waals surface area contributed by atoms with Gasteiger partial charge in [-0.15, -0.1) is 11.3 Å². The molecule has 23 heavy (non-hydrogen) atoms. The molecule has 0 bridgehead atoms. The van der Waals surface area contributed by atoms with Gasteiger partial charge in [0.2, 0.25) is 0 Å². The second-order valence-corrected chi connectivity index (χ2v) is 6.10. The molecule has 0 amide bonds. The molecule has 0 saturated carbocycles. The first-order valence-corrected chi connectivity index (χ1v) is 7.93. The molecule has 2 rings (SSSR count). The fourth-order valence-corrected chi connectivity index (χ4v) is 2.75. The number of aromatic nitrogens is 1. The second-order valence-electron chi connectivity index (χ2n) is 5.04. The standard InChI is InChI=1S/C15H19N5O2S/c1-11-18-13(10-23-11)9-19(3)15(16-2)17-8-12-5-4-6-14(7-12)20(21)22/h4-7,10H,8-9H2,1-3H3,(H,16,17). The summed E-state index contributed by atoms with van der Waals surface area (Å²) in [6, 6.07) is 6.57. The van der Waals surface area contributed by atoms with E-state index in [9.17, 15) is 10.1 Å². The number of aryl methyl sites for hydroxylation is 1. The summed E-state index contributed by atoms with van der Waals surface area (Å²) in [4.78, 5) is 21.1. The summed E-state index contributed by atoms with van der Waals surface area (Å²) in [6.07, 6.45) is 0. The minimum atomic E-state index is -0.394. The molecule has 0 aliphatic heterocycles. The van der Waals surface area contributed by atoms with Crippen LogP contribution in [-0.4, -0.2) is 34.9 Å². The Morgan fingerprint density at radius 2 is 2.30 bits per heavy atom. The normalized spacial score (nSPS) is 11.3. The van der Waals surface area contributed by atoms with Gasteiger partial charge >= 0.3 is 0 Å². The van der Waals surface area contributed by atoms with Gasteiger partial charge in [0, 0.05) is 38.2 Å². The van der Waals surface area contributed by atoms with E-state index in [2.05, 4.69) is 15.3 Å². The van der Waals surface area contributed by atoms with E-state index in [0.29, 0.717) is 19.0 Å². The lowest BCUT2D eigenvalue weighted by Gasteiger charge is -2.21. The van der Waals surface area contributed by atoms with Crippen LogP contribution in [0.4, 0.5) is 5.69 Å². The zero-order valence-electron chi connectivity index (χ0n) is 13.3. The van der Waals surface area contributed by atoms with Crippen molar-refractivity contribution in [1.29, 1.82) is 0 Å². The number of hydrogen-bond donors (Lipinski definition) is 1. The number of hydrogen-bond acceptors (Lipinski definition) is 5. The van der Waals surface area contributed by atoms with Gasteiger partial charge in [0.25, 0.3) is 5.69 Å². The summed E-state index contributed by atoms with van der Waals surface area (Å²) in [5.74, 6) is 0.710. The smallest absolute Gasteiger partial charge is 0.269 e. The van der Waals surface area contributed by atoms with Gasteiger partial charge < -0.3 is 10.2 Å². The molecule has 0 aliphatic rings. The van der Waals surface area contributed by atoms with Crippen LogP contribution in [0.5, 0.6) is 0 Å². The predicted molar refractivity (Wildman–Crippen MR) is 91.6 cm³/mol. The van der Waals surface area contributed by atoms with Crippen LogP contribution in [0.2, 0.25) is 0 Å². The van der Waals surface area contributed by atoms with Gasteiger partial charge in [0.15, 0.2) is 5.96 Å². The number of guanidine groups is 1. The molecular weight excluding hydrogens is 314 g/mol. The van der Waals surface area contributed by atoms with Crippen molar-refractivity contribution in [1.82, 2.24) is 15.2 Å². The molecule has 1 aromatic heterocycles. The predicted octanol–water partition coefficient (Wildman–Crippen LogP) is 2.57. The first-order valence-electron chi connectivity index (χ1n) is 7.05. The van der Waals surface area contributed by atoms with Gasteiger partial charge in [0.1, 0.15) is 0 Å². The van der Waals surface area contributed by atoms with Gasteiger partial charge in [-0.3, -0.25) is 15.1 Å². The molecule has 0 aliphatic carbocycles. The molecule has 7 nitrogen and oxygen atoms in total. The molecule has 1 N–H and O–H groups in total. The number of nitro groups is 1. The monoisotopic (exact) mass is 333 g/mol. The molecule has 122 valence electrons. The Kier molecular flexibility index (Phi) is 5.64. The number of aliphatic imine (C=N–C) groups is 1. The summed E-state index contributed by atoms with van der Waals surface area (Å²) in [5, 5.41) is 17.1. The molecule has 0 atom stereocenters. The van der Waals surface area contributed by atoms with Gasteiger partial charge in [-0.25, -0.2) is 4.98 Å². The van der Waals surface area contributed by atoms with Crippen molar-refractivity contribution in [3.8, 4) is 0 Å². The number of nitrogens with zero attached hydrogens (tertiary/aromatic N) is 4. The number of nitro benzene ring substituents is 1. The minimum absolute atomic E-state index is 0.0885. The first kappa shape index (κ1) is 16.9. The molecule has 1 heterocycles. The third-order valence-electron chi connectivity index (χ3n) is 3.21. The number of thiazole rings is 1. The quantitative estimate of drug-likeness (QED) is 0.393. The average molecular weight is 333 g/mol. The van der Waals surface area contributed by atoms with Gasteiger partial charge in [0.05, 0.1) is 22.2 Å². The first-order chi connectivity index (χ1) is 11.0. The van der Waals surface area contributed by atoms with E-state index in [4.69, 9.17) is 0 Å². The lowest BCUT2D eigenvalue weighted by molar-refractivity contribution is -0.384. The van der Waals surface area contributed by atoms with Crippen molar-refractivity contribution in [2.75, 3.05) is 14.1 Å².